The Balaban J connectivity index is 1.44. The fourth-order valence-corrected chi connectivity index (χ4v) is 4.71. The number of benzene rings is 1. The van der Waals surface area contributed by atoms with E-state index >= 15 is 0 Å². The van der Waals surface area contributed by atoms with Crippen molar-refractivity contribution in [3.05, 3.63) is 54.6 Å². The topological polar surface area (TPSA) is 97.0 Å². The SMILES string of the molecule is CC(C)n1cnc2c(NCc3ccccc3-n3cccn3)nc(N3CCC(C(=O)N(C)C)CC3)nc21. The molecule has 3 aromatic heterocycles. The molecule has 1 amide bonds. The van der Waals surface area contributed by atoms with Gasteiger partial charge in [-0.1, -0.05) is 18.2 Å². The smallest absolute Gasteiger partial charge is 0.229 e. The van der Waals surface area contributed by atoms with E-state index in [0.717, 1.165) is 48.3 Å². The maximum atomic E-state index is 12.4. The minimum Gasteiger partial charge on any atom is -0.364 e. The predicted molar refractivity (Wildman–Crippen MR) is 140 cm³/mol. The van der Waals surface area contributed by atoms with Crippen LogP contribution in [0.1, 0.15) is 38.3 Å². The highest BCUT2D eigenvalue weighted by Crippen LogP contribution is 2.28. The second-order valence-electron chi connectivity index (χ2n) is 9.72. The first-order valence-electron chi connectivity index (χ1n) is 12.4. The summed E-state index contributed by atoms with van der Waals surface area (Å²) in [5, 5.41) is 7.92. The molecule has 1 N–H and O–H groups in total. The van der Waals surface area contributed by atoms with Gasteiger partial charge >= 0.3 is 0 Å². The number of hydrogen-bond acceptors (Lipinski definition) is 7. The number of rotatable bonds is 7. The average Bonchev–Trinajstić information content (AvgIpc) is 3.57. The quantitative estimate of drug-likeness (QED) is 0.426. The molecule has 0 aliphatic carbocycles. The van der Waals surface area contributed by atoms with E-state index in [0.29, 0.717) is 18.3 Å². The monoisotopic (exact) mass is 487 g/mol. The summed E-state index contributed by atoms with van der Waals surface area (Å²) in [5.74, 6) is 1.62. The maximum Gasteiger partial charge on any atom is 0.229 e. The summed E-state index contributed by atoms with van der Waals surface area (Å²) in [5.41, 5.74) is 3.67. The standard InChI is InChI=1S/C26H33N9O/c1-18(2)34-17-28-22-23(27-16-20-8-5-6-9-21(20)35-13-7-12-29-35)30-26(31-24(22)34)33-14-10-19(11-15-33)25(36)32(3)4/h5-9,12-13,17-19H,10-11,14-16H2,1-4H3,(H,27,30,31). The maximum absolute atomic E-state index is 12.4. The van der Waals surface area contributed by atoms with E-state index in [1.54, 1.807) is 11.1 Å². The molecule has 1 saturated heterocycles. The first-order valence-corrected chi connectivity index (χ1v) is 12.4. The molecule has 1 fully saturated rings. The van der Waals surface area contributed by atoms with Gasteiger partial charge in [0.1, 0.15) is 0 Å². The number of piperidine rings is 1. The Kier molecular flexibility index (Phi) is 6.58. The summed E-state index contributed by atoms with van der Waals surface area (Å²) >= 11 is 0. The van der Waals surface area contributed by atoms with E-state index < -0.39 is 0 Å². The molecule has 10 nitrogen and oxygen atoms in total. The van der Waals surface area contributed by atoms with Crippen molar-refractivity contribution in [1.29, 1.82) is 0 Å². The highest BCUT2D eigenvalue weighted by molar-refractivity contribution is 5.84. The van der Waals surface area contributed by atoms with E-state index in [1.165, 1.54) is 0 Å². The van der Waals surface area contributed by atoms with Crippen LogP contribution in [0, 0.1) is 5.92 Å². The van der Waals surface area contributed by atoms with Crippen molar-refractivity contribution in [3.8, 4) is 5.69 Å². The first kappa shape index (κ1) is 23.8. The van der Waals surface area contributed by atoms with Gasteiger partial charge in [0.15, 0.2) is 17.0 Å². The molecule has 4 heterocycles. The summed E-state index contributed by atoms with van der Waals surface area (Å²) in [6.45, 7) is 6.29. The minimum atomic E-state index is 0.0533. The number of anilines is 2. The molecule has 0 bridgehead atoms. The molecule has 5 rings (SSSR count). The Bertz CT molecular complexity index is 1330. The van der Waals surface area contributed by atoms with Gasteiger partial charge in [-0.2, -0.15) is 15.1 Å². The summed E-state index contributed by atoms with van der Waals surface area (Å²) in [4.78, 5) is 30.8. The van der Waals surface area contributed by atoms with Crippen molar-refractivity contribution in [2.45, 2.75) is 39.3 Å². The molecule has 0 atom stereocenters. The normalized spacial score (nSPS) is 14.5. The number of aromatic nitrogens is 6. The molecule has 1 aliphatic rings. The molecule has 0 radical (unpaired) electrons. The molecule has 0 spiro atoms. The lowest BCUT2D eigenvalue weighted by molar-refractivity contribution is -0.133. The number of fused-ring (bicyclic) bond motifs is 1. The molecule has 36 heavy (non-hydrogen) atoms. The summed E-state index contributed by atoms with van der Waals surface area (Å²) in [6.07, 6.45) is 7.13. The van der Waals surface area contributed by atoms with E-state index in [4.69, 9.17) is 9.97 Å². The number of carbonyl (C=O) groups is 1. The van der Waals surface area contributed by atoms with Crippen LogP contribution in [0.15, 0.2) is 49.1 Å². The zero-order valence-electron chi connectivity index (χ0n) is 21.3. The lowest BCUT2D eigenvalue weighted by atomic mass is 9.96. The first-order chi connectivity index (χ1) is 17.4. The highest BCUT2D eigenvalue weighted by atomic mass is 16.2. The van der Waals surface area contributed by atoms with Crippen LogP contribution >= 0.6 is 0 Å². The van der Waals surface area contributed by atoms with Crippen molar-refractivity contribution >= 4 is 28.8 Å². The van der Waals surface area contributed by atoms with E-state index in [1.807, 2.05) is 49.5 Å². The Morgan fingerprint density at radius 3 is 2.61 bits per heavy atom. The van der Waals surface area contributed by atoms with Crippen LogP contribution in [0.3, 0.4) is 0 Å². The molecule has 0 unspecified atom stereocenters. The Labute approximate surface area is 211 Å². The van der Waals surface area contributed by atoms with Crippen LogP contribution in [-0.4, -0.2) is 67.3 Å². The lowest BCUT2D eigenvalue weighted by Crippen LogP contribution is -2.40. The van der Waals surface area contributed by atoms with Crippen LogP contribution in [0.4, 0.5) is 11.8 Å². The van der Waals surface area contributed by atoms with Gasteiger partial charge in [-0.05, 0) is 44.4 Å². The van der Waals surface area contributed by atoms with E-state index in [2.05, 4.69) is 50.8 Å². The van der Waals surface area contributed by atoms with Crippen molar-refractivity contribution in [3.63, 3.8) is 0 Å². The third kappa shape index (κ3) is 4.62. The fraction of sp³-hybridized carbons (Fsp3) is 0.423. The third-order valence-corrected chi connectivity index (χ3v) is 6.72. The molecular weight excluding hydrogens is 454 g/mol. The zero-order chi connectivity index (χ0) is 25.2. The van der Waals surface area contributed by atoms with Crippen LogP contribution in [0.25, 0.3) is 16.9 Å². The lowest BCUT2D eigenvalue weighted by Gasteiger charge is -2.32. The summed E-state index contributed by atoms with van der Waals surface area (Å²) in [6, 6.07) is 10.3. The van der Waals surface area contributed by atoms with Crippen LogP contribution < -0.4 is 10.2 Å². The molecule has 10 heteroatoms. The number of nitrogens with zero attached hydrogens (tertiary/aromatic N) is 8. The van der Waals surface area contributed by atoms with Crippen LogP contribution in [-0.2, 0) is 11.3 Å². The van der Waals surface area contributed by atoms with Gasteiger partial charge in [-0.25, -0.2) is 9.67 Å². The minimum absolute atomic E-state index is 0.0533. The number of para-hydroxylation sites is 1. The molecular formula is C26H33N9O. The molecule has 188 valence electrons. The number of nitrogens with one attached hydrogen (secondary N) is 1. The molecule has 1 aliphatic heterocycles. The van der Waals surface area contributed by atoms with Gasteiger partial charge in [0, 0.05) is 58.1 Å². The van der Waals surface area contributed by atoms with Gasteiger partial charge in [0.05, 0.1) is 12.0 Å². The Morgan fingerprint density at radius 2 is 1.92 bits per heavy atom. The van der Waals surface area contributed by atoms with E-state index in [-0.39, 0.29) is 17.9 Å². The van der Waals surface area contributed by atoms with Crippen LogP contribution in [0.5, 0.6) is 0 Å². The van der Waals surface area contributed by atoms with Gasteiger partial charge in [0.2, 0.25) is 11.9 Å². The highest BCUT2D eigenvalue weighted by Gasteiger charge is 2.28. The van der Waals surface area contributed by atoms with Crippen molar-refractivity contribution < 1.29 is 4.79 Å². The summed E-state index contributed by atoms with van der Waals surface area (Å²) < 4.78 is 3.94. The Morgan fingerprint density at radius 1 is 1.14 bits per heavy atom. The molecule has 1 aromatic carbocycles. The number of amides is 1. The largest absolute Gasteiger partial charge is 0.364 e. The number of hydrogen-bond donors (Lipinski definition) is 1. The van der Waals surface area contributed by atoms with Crippen molar-refractivity contribution in [2.75, 3.05) is 37.4 Å². The summed E-state index contributed by atoms with van der Waals surface area (Å²) in [7, 11) is 3.64. The average molecular weight is 488 g/mol. The van der Waals surface area contributed by atoms with Gasteiger partial charge in [-0.3, -0.25) is 4.79 Å². The van der Waals surface area contributed by atoms with Crippen molar-refractivity contribution in [2.24, 2.45) is 5.92 Å². The molecule has 0 saturated carbocycles. The fourth-order valence-electron chi connectivity index (χ4n) is 4.71. The van der Waals surface area contributed by atoms with E-state index in [9.17, 15) is 4.79 Å². The predicted octanol–water partition coefficient (Wildman–Crippen LogP) is 3.51. The van der Waals surface area contributed by atoms with Crippen LogP contribution in [0.2, 0.25) is 0 Å². The number of carbonyl (C=O) groups excluding carboxylic acids is 1. The second kappa shape index (κ2) is 9.96. The zero-order valence-corrected chi connectivity index (χ0v) is 21.3. The molecule has 4 aromatic rings. The van der Waals surface area contributed by atoms with Gasteiger partial charge < -0.3 is 19.7 Å². The van der Waals surface area contributed by atoms with Gasteiger partial charge in [0.25, 0.3) is 0 Å². The third-order valence-electron chi connectivity index (χ3n) is 6.72. The van der Waals surface area contributed by atoms with Gasteiger partial charge in [-0.15, -0.1) is 0 Å². The second-order valence-corrected chi connectivity index (χ2v) is 9.72. The number of imidazole rings is 1. The van der Waals surface area contributed by atoms with Crippen molar-refractivity contribution in [1.82, 2.24) is 34.2 Å². The Hall–Kier alpha value is -3.95.